The van der Waals surface area contributed by atoms with E-state index in [4.69, 9.17) is 4.99 Å². The van der Waals surface area contributed by atoms with Crippen LogP contribution in [0.25, 0.3) is 0 Å². The number of guanidine groups is 1. The van der Waals surface area contributed by atoms with Crippen LogP contribution in [0.3, 0.4) is 0 Å². The van der Waals surface area contributed by atoms with Crippen molar-refractivity contribution in [1.82, 2.24) is 20.2 Å². The summed E-state index contributed by atoms with van der Waals surface area (Å²) in [4.78, 5) is 8.80. The average Bonchev–Trinajstić information content (AvgIpc) is 2.98. The number of aliphatic imine (C=N–C) groups is 1. The summed E-state index contributed by atoms with van der Waals surface area (Å²) in [5.41, 5.74) is 0.266. The quantitative estimate of drug-likeness (QED) is 0.255. The third-order valence-corrected chi connectivity index (χ3v) is 3.69. The first-order valence-corrected chi connectivity index (χ1v) is 8.55. The molecule has 0 aromatic carbocycles. The van der Waals surface area contributed by atoms with E-state index < -0.39 is 0 Å². The summed E-state index contributed by atoms with van der Waals surface area (Å²) in [7, 11) is 0. The Kier molecular flexibility index (Phi) is 12.2. The molecule has 0 atom stereocenters. The summed E-state index contributed by atoms with van der Waals surface area (Å²) in [5.74, 6) is 0.909. The Morgan fingerprint density at radius 1 is 1.22 bits per heavy atom. The fourth-order valence-electron chi connectivity index (χ4n) is 2.29. The smallest absolute Gasteiger partial charge is 0.191 e. The molecule has 0 aliphatic rings. The van der Waals surface area contributed by atoms with Crippen LogP contribution in [0.1, 0.15) is 53.4 Å². The number of unbranched alkanes of at least 4 members (excludes halogenated alkanes) is 2. The number of hydrogen-bond donors (Lipinski definition) is 2. The maximum atomic E-state index is 4.75. The first-order chi connectivity index (χ1) is 10.6. The molecule has 0 saturated heterocycles. The Bertz CT molecular complexity index is 415. The van der Waals surface area contributed by atoms with Crippen molar-refractivity contribution in [3.63, 3.8) is 0 Å². The van der Waals surface area contributed by atoms with Gasteiger partial charge >= 0.3 is 0 Å². The van der Waals surface area contributed by atoms with E-state index in [1.165, 1.54) is 25.7 Å². The second-order valence-electron chi connectivity index (χ2n) is 6.54. The van der Waals surface area contributed by atoms with E-state index in [1.807, 2.05) is 12.5 Å². The van der Waals surface area contributed by atoms with E-state index in [-0.39, 0.29) is 29.4 Å². The van der Waals surface area contributed by atoms with Gasteiger partial charge in [-0.05, 0) is 18.8 Å². The Balaban J connectivity index is 0.00000484. The topological polar surface area (TPSA) is 54.2 Å². The highest BCUT2D eigenvalue weighted by molar-refractivity contribution is 14.0. The predicted molar refractivity (Wildman–Crippen MR) is 110 cm³/mol. The van der Waals surface area contributed by atoms with Crippen molar-refractivity contribution < 1.29 is 0 Å². The van der Waals surface area contributed by atoms with Gasteiger partial charge in [0, 0.05) is 38.6 Å². The maximum absolute atomic E-state index is 4.75. The summed E-state index contributed by atoms with van der Waals surface area (Å²) in [5, 5.41) is 6.71. The second kappa shape index (κ2) is 12.6. The van der Waals surface area contributed by atoms with Crippen LogP contribution in [-0.2, 0) is 6.54 Å². The van der Waals surface area contributed by atoms with Crippen molar-refractivity contribution in [2.45, 2.75) is 59.9 Å². The number of aromatic nitrogens is 2. The normalized spacial score (nSPS) is 11.9. The van der Waals surface area contributed by atoms with Gasteiger partial charge in [0.15, 0.2) is 5.96 Å². The van der Waals surface area contributed by atoms with Crippen molar-refractivity contribution in [1.29, 1.82) is 0 Å². The molecule has 0 radical (unpaired) electrons. The maximum Gasteiger partial charge on any atom is 0.191 e. The molecule has 6 heteroatoms. The molecule has 1 rings (SSSR count). The standard InChI is InChI=1S/C17H33N5.HI/c1-5-7-8-9-17(3,4)14-21-16(19-6-2)20-11-13-22-12-10-18-15-22;/h10,12,15H,5-9,11,13-14H2,1-4H3,(H2,19,20,21);1H. The molecule has 134 valence electrons. The van der Waals surface area contributed by atoms with Crippen LogP contribution in [0.2, 0.25) is 0 Å². The van der Waals surface area contributed by atoms with E-state index in [1.54, 1.807) is 6.20 Å². The Morgan fingerprint density at radius 2 is 2.00 bits per heavy atom. The number of nitrogens with zero attached hydrogens (tertiary/aromatic N) is 3. The fourth-order valence-corrected chi connectivity index (χ4v) is 2.29. The molecule has 0 amide bonds. The highest BCUT2D eigenvalue weighted by Gasteiger charge is 2.16. The van der Waals surface area contributed by atoms with Crippen molar-refractivity contribution in [3.8, 4) is 0 Å². The van der Waals surface area contributed by atoms with E-state index >= 15 is 0 Å². The zero-order valence-corrected chi connectivity index (χ0v) is 17.5. The first kappa shape index (κ1) is 22.2. The van der Waals surface area contributed by atoms with E-state index in [9.17, 15) is 0 Å². The number of imidazole rings is 1. The lowest BCUT2D eigenvalue weighted by Gasteiger charge is -2.23. The lowest BCUT2D eigenvalue weighted by Crippen LogP contribution is -2.39. The largest absolute Gasteiger partial charge is 0.357 e. The van der Waals surface area contributed by atoms with Crippen molar-refractivity contribution in [3.05, 3.63) is 18.7 Å². The number of nitrogens with one attached hydrogen (secondary N) is 2. The van der Waals surface area contributed by atoms with Gasteiger partial charge < -0.3 is 15.2 Å². The fraction of sp³-hybridized carbons (Fsp3) is 0.765. The van der Waals surface area contributed by atoms with Gasteiger partial charge in [-0.25, -0.2) is 4.98 Å². The van der Waals surface area contributed by atoms with Gasteiger partial charge in [-0.2, -0.15) is 0 Å². The zero-order valence-electron chi connectivity index (χ0n) is 15.1. The van der Waals surface area contributed by atoms with Crippen LogP contribution in [0.5, 0.6) is 0 Å². The molecule has 0 fully saturated rings. The van der Waals surface area contributed by atoms with Crippen molar-refractivity contribution in [2.24, 2.45) is 10.4 Å². The second-order valence-corrected chi connectivity index (χ2v) is 6.54. The van der Waals surface area contributed by atoms with Crippen LogP contribution in [-0.4, -0.2) is 35.1 Å². The molecule has 1 aromatic heterocycles. The molecule has 0 saturated carbocycles. The molecule has 0 aliphatic carbocycles. The third kappa shape index (κ3) is 10.6. The number of rotatable bonds is 10. The number of hydrogen-bond acceptors (Lipinski definition) is 2. The van der Waals surface area contributed by atoms with Gasteiger partial charge in [0.05, 0.1) is 6.33 Å². The third-order valence-electron chi connectivity index (χ3n) is 3.69. The Labute approximate surface area is 158 Å². The Hall–Kier alpha value is -0.790. The van der Waals surface area contributed by atoms with Gasteiger partial charge in [-0.15, -0.1) is 24.0 Å². The SMILES string of the molecule is CCCCCC(C)(C)CN=C(NCC)NCCn1ccnc1.I. The minimum absolute atomic E-state index is 0. The summed E-state index contributed by atoms with van der Waals surface area (Å²) in [6, 6.07) is 0. The number of halogens is 1. The molecule has 0 aliphatic heterocycles. The van der Waals surface area contributed by atoms with Crippen LogP contribution in [0, 0.1) is 5.41 Å². The monoisotopic (exact) mass is 435 g/mol. The molecule has 1 aromatic rings. The van der Waals surface area contributed by atoms with E-state index in [0.717, 1.165) is 32.1 Å². The molecule has 0 unspecified atom stereocenters. The van der Waals surface area contributed by atoms with Crippen LogP contribution < -0.4 is 10.6 Å². The molecule has 5 nitrogen and oxygen atoms in total. The highest BCUT2D eigenvalue weighted by Crippen LogP contribution is 2.23. The lowest BCUT2D eigenvalue weighted by atomic mass is 9.87. The first-order valence-electron chi connectivity index (χ1n) is 8.55. The molecule has 1 heterocycles. The van der Waals surface area contributed by atoms with E-state index in [2.05, 4.69) is 47.9 Å². The Morgan fingerprint density at radius 3 is 2.61 bits per heavy atom. The molecule has 0 bridgehead atoms. The van der Waals surface area contributed by atoms with Crippen molar-refractivity contribution in [2.75, 3.05) is 19.6 Å². The van der Waals surface area contributed by atoms with Crippen LogP contribution >= 0.6 is 24.0 Å². The lowest BCUT2D eigenvalue weighted by molar-refractivity contribution is 0.332. The minimum atomic E-state index is 0. The molecule has 2 N–H and O–H groups in total. The minimum Gasteiger partial charge on any atom is -0.357 e. The van der Waals surface area contributed by atoms with Gasteiger partial charge in [-0.1, -0.05) is 40.0 Å². The summed E-state index contributed by atoms with van der Waals surface area (Å²) in [6.45, 7) is 12.4. The summed E-state index contributed by atoms with van der Waals surface area (Å²) in [6.07, 6.45) is 10.7. The molecule has 0 spiro atoms. The summed E-state index contributed by atoms with van der Waals surface area (Å²) >= 11 is 0. The predicted octanol–water partition coefficient (Wildman–Crippen LogP) is 3.66. The van der Waals surface area contributed by atoms with Crippen molar-refractivity contribution >= 4 is 29.9 Å². The van der Waals surface area contributed by atoms with Crippen LogP contribution in [0.4, 0.5) is 0 Å². The molecular formula is C17H34IN5. The molecule has 23 heavy (non-hydrogen) atoms. The van der Waals surface area contributed by atoms with Gasteiger partial charge in [0.25, 0.3) is 0 Å². The summed E-state index contributed by atoms with van der Waals surface area (Å²) < 4.78 is 2.06. The van der Waals surface area contributed by atoms with Gasteiger partial charge in [0.1, 0.15) is 0 Å². The highest BCUT2D eigenvalue weighted by atomic mass is 127. The average molecular weight is 435 g/mol. The zero-order chi connectivity index (χ0) is 16.3. The van der Waals surface area contributed by atoms with Crippen LogP contribution in [0.15, 0.2) is 23.7 Å². The van der Waals surface area contributed by atoms with Gasteiger partial charge in [0.2, 0.25) is 0 Å². The van der Waals surface area contributed by atoms with E-state index in [0.29, 0.717) is 0 Å². The van der Waals surface area contributed by atoms with Gasteiger partial charge in [-0.3, -0.25) is 4.99 Å². The molecular weight excluding hydrogens is 401 g/mol.